The van der Waals surface area contributed by atoms with E-state index in [9.17, 15) is 0 Å². The van der Waals surface area contributed by atoms with E-state index in [4.69, 9.17) is 21.1 Å². The van der Waals surface area contributed by atoms with Crippen LogP contribution >= 0.6 is 11.6 Å². The van der Waals surface area contributed by atoms with E-state index in [0.717, 1.165) is 35.7 Å². The highest BCUT2D eigenvalue weighted by atomic mass is 35.5. The highest BCUT2D eigenvalue weighted by Crippen LogP contribution is 2.31. The molecule has 3 rings (SSSR count). The third-order valence-electron chi connectivity index (χ3n) is 4.16. The Hall–Kier alpha value is -0.770. The quantitative estimate of drug-likeness (QED) is 0.863. The molecule has 2 fully saturated rings. The summed E-state index contributed by atoms with van der Waals surface area (Å²) in [6.45, 7) is 5.71. The zero-order chi connectivity index (χ0) is 14.9. The molecule has 1 heterocycles. The van der Waals surface area contributed by atoms with Crippen LogP contribution in [0.2, 0.25) is 5.02 Å². The van der Waals surface area contributed by atoms with E-state index in [1.165, 1.54) is 12.8 Å². The first-order valence-electron chi connectivity index (χ1n) is 7.84. The second-order valence-electron chi connectivity index (χ2n) is 6.76. The summed E-state index contributed by atoms with van der Waals surface area (Å²) in [4.78, 5) is 0. The first-order valence-corrected chi connectivity index (χ1v) is 8.22. The largest absolute Gasteiger partial charge is 0.491 e. The number of nitrogens with one attached hydrogen (secondary N) is 1. The minimum Gasteiger partial charge on any atom is -0.491 e. The van der Waals surface area contributed by atoms with Crippen LogP contribution in [0.15, 0.2) is 18.2 Å². The molecule has 1 aromatic carbocycles. The van der Waals surface area contributed by atoms with Crippen molar-refractivity contribution in [3.05, 3.63) is 28.8 Å². The number of hydrogen-bond donors (Lipinski definition) is 1. The summed E-state index contributed by atoms with van der Waals surface area (Å²) in [5.74, 6) is 0.917. The van der Waals surface area contributed by atoms with Gasteiger partial charge in [0.1, 0.15) is 12.4 Å². The third kappa shape index (κ3) is 4.35. The Balaban J connectivity index is 1.58. The lowest BCUT2D eigenvalue weighted by Crippen LogP contribution is -2.24. The lowest BCUT2D eigenvalue weighted by Gasteiger charge is -2.20. The number of halogens is 1. The molecule has 3 nitrogen and oxygen atoms in total. The van der Waals surface area contributed by atoms with Gasteiger partial charge in [-0.25, -0.2) is 0 Å². The molecule has 21 heavy (non-hydrogen) atoms. The molecule has 0 amide bonds. The van der Waals surface area contributed by atoms with Crippen molar-refractivity contribution < 1.29 is 9.47 Å². The van der Waals surface area contributed by atoms with Gasteiger partial charge in [0, 0.05) is 23.2 Å². The van der Waals surface area contributed by atoms with Crippen LogP contribution in [0, 0.1) is 0 Å². The maximum absolute atomic E-state index is 6.10. The molecule has 0 bridgehead atoms. The van der Waals surface area contributed by atoms with Gasteiger partial charge in [0.15, 0.2) is 0 Å². The number of ether oxygens (including phenoxy) is 2. The van der Waals surface area contributed by atoms with Crippen molar-refractivity contribution in [3.8, 4) is 5.75 Å². The van der Waals surface area contributed by atoms with Crippen molar-refractivity contribution >= 4 is 11.6 Å². The predicted molar refractivity (Wildman–Crippen MR) is 85.0 cm³/mol. The molecular weight excluding hydrogens is 286 g/mol. The lowest BCUT2D eigenvalue weighted by molar-refractivity contribution is -0.0327. The summed E-state index contributed by atoms with van der Waals surface area (Å²) < 4.78 is 12.0. The molecule has 1 aliphatic heterocycles. The van der Waals surface area contributed by atoms with Crippen molar-refractivity contribution in [1.29, 1.82) is 0 Å². The molecule has 0 aromatic heterocycles. The first-order chi connectivity index (χ1) is 10.0. The van der Waals surface area contributed by atoms with Gasteiger partial charge in [-0.3, -0.25) is 0 Å². The number of hydrogen-bond acceptors (Lipinski definition) is 3. The van der Waals surface area contributed by atoms with Gasteiger partial charge < -0.3 is 14.8 Å². The Morgan fingerprint density at radius 2 is 2.14 bits per heavy atom. The smallest absolute Gasteiger partial charge is 0.124 e. The van der Waals surface area contributed by atoms with Crippen LogP contribution in [0.5, 0.6) is 5.75 Å². The van der Waals surface area contributed by atoms with Gasteiger partial charge in [0.2, 0.25) is 0 Å². The molecule has 1 unspecified atom stereocenters. The summed E-state index contributed by atoms with van der Waals surface area (Å²) in [5.41, 5.74) is 1.12. The van der Waals surface area contributed by atoms with Gasteiger partial charge >= 0.3 is 0 Å². The Bertz CT molecular complexity index is 500. The molecule has 1 saturated heterocycles. The Kier molecular flexibility index (Phi) is 4.43. The standard InChI is InChI=1S/C17H24ClNO2/c1-17(2)8-7-15(21-17)11-20-16-6-3-13(18)9-12(16)10-19-14-4-5-14/h3,6,9,14-15,19H,4-5,7-8,10-11H2,1-2H3. The molecular formula is C17H24ClNO2. The van der Waals surface area contributed by atoms with E-state index >= 15 is 0 Å². The average molecular weight is 310 g/mol. The molecule has 4 heteroatoms. The minimum atomic E-state index is -0.00954. The molecule has 116 valence electrons. The topological polar surface area (TPSA) is 30.5 Å². The van der Waals surface area contributed by atoms with Crippen molar-refractivity contribution in [1.82, 2.24) is 5.32 Å². The maximum Gasteiger partial charge on any atom is 0.124 e. The van der Waals surface area contributed by atoms with Gasteiger partial charge in [-0.15, -0.1) is 0 Å². The predicted octanol–water partition coefficient (Wildman–Crippen LogP) is 3.93. The van der Waals surface area contributed by atoms with Crippen LogP contribution < -0.4 is 10.1 Å². The van der Waals surface area contributed by atoms with E-state index in [2.05, 4.69) is 19.2 Å². The molecule has 0 radical (unpaired) electrons. The molecule has 1 saturated carbocycles. The fourth-order valence-electron chi connectivity index (χ4n) is 2.75. The Labute approximate surface area is 132 Å². The summed E-state index contributed by atoms with van der Waals surface area (Å²) in [7, 11) is 0. The zero-order valence-corrected chi connectivity index (χ0v) is 13.6. The van der Waals surface area contributed by atoms with E-state index in [0.29, 0.717) is 12.6 Å². The Morgan fingerprint density at radius 3 is 2.81 bits per heavy atom. The minimum absolute atomic E-state index is 0.00954. The second kappa shape index (κ2) is 6.15. The van der Waals surface area contributed by atoms with Gasteiger partial charge in [-0.05, 0) is 57.7 Å². The monoisotopic (exact) mass is 309 g/mol. The van der Waals surface area contributed by atoms with Crippen LogP contribution in [0.1, 0.15) is 45.1 Å². The third-order valence-corrected chi connectivity index (χ3v) is 4.39. The van der Waals surface area contributed by atoms with Crippen molar-refractivity contribution in [2.75, 3.05) is 6.61 Å². The fraction of sp³-hybridized carbons (Fsp3) is 0.647. The van der Waals surface area contributed by atoms with Gasteiger partial charge in [-0.1, -0.05) is 11.6 Å². The lowest BCUT2D eigenvalue weighted by atomic mass is 10.1. The maximum atomic E-state index is 6.10. The molecule has 2 aliphatic rings. The molecule has 1 aliphatic carbocycles. The zero-order valence-electron chi connectivity index (χ0n) is 12.8. The van der Waals surface area contributed by atoms with Gasteiger partial charge in [0.25, 0.3) is 0 Å². The molecule has 1 atom stereocenters. The highest BCUT2D eigenvalue weighted by molar-refractivity contribution is 6.30. The number of benzene rings is 1. The molecule has 1 N–H and O–H groups in total. The molecule has 1 aromatic rings. The summed E-state index contributed by atoms with van der Waals surface area (Å²) in [6, 6.07) is 6.52. The highest BCUT2D eigenvalue weighted by Gasteiger charge is 2.32. The van der Waals surface area contributed by atoms with E-state index in [1.54, 1.807) is 0 Å². The summed E-state index contributed by atoms with van der Waals surface area (Å²) >= 11 is 6.10. The SMILES string of the molecule is CC1(C)CCC(COc2ccc(Cl)cc2CNC2CC2)O1. The van der Waals surface area contributed by atoms with Crippen LogP contribution in [-0.4, -0.2) is 24.4 Å². The Morgan fingerprint density at radius 1 is 1.33 bits per heavy atom. The van der Waals surface area contributed by atoms with E-state index in [-0.39, 0.29) is 11.7 Å². The van der Waals surface area contributed by atoms with Crippen LogP contribution in [0.3, 0.4) is 0 Å². The van der Waals surface area contributed by atoms with E-state index in [1.807, 2.05) is 18.2 Å². The van der Waals surface area contributed by atoms with E-state index < -0.39 is 0 Å². The fourth-order valence-corrected chi connectivity index (χ4v) is 2.94. The summed E-state index contributed by atoms with van der Waals surface area (Å²) in [6.07, 6.45) is 4.91. The summed E-state index contributed by atoms with van der Waals surface area (Å²) in [5, 5.41) is 4.27. The van der Waals surface area contributed by atoms with Gasteiger partial charge in [0.05, 0.1) is 11.7 Å². The van der Waals surface area contributed by atoms with Crippen LogP contribution in [0.25, 0.3) is 0 Å². The van der Waals surface area contributed by atoms with Crippen molar-refractivity contribution in [2.24, 2.45) is 0 Å². The second-order valence-corrected chi connectivity index (χ2v) is 7.19. The molecule has 0 spiro atoms. The number of rotatable bonds is 6. The average Bonchev–Trinajstić information content (AvgIpc) is 3.19. The van der Waals surface area contributed by atoms with Gasteiger partial charge in [-0.2, -0.15) is 0 Å². The van der Waals surface area contributed by atoms with Crippen molar-refractivity contribution in [2.45, 2.75) is 63.8 Å². The van der Waals surface area contributed by atoms with Crippen LogP contribution in [-0.2, 0) is 11.3 Å². The van der Waals surface area contributed by atoms with Crippen LogP contribution in [0.4, 0.5) is 0 Å². The first kappa shape index (κ1) is 15.1. The van der Waals surface area contributed by atoms with Crippen molar-refractivity contribution in [3.63, 3.8) is 0 Å². The normalized spacial score (nSPS) is 24.2.